The largest absolute Gasteiger partial charge is 0.455 e. The van der Waals surface area contributed by atoms with E-state index in [2.05, 4.69) is 10.3 Å². The molecule has 0 bridgehead atoms. The quantitative estimate of drug-likeness (QED) is 0.537. The van der Waals surface area contributed by atoms with Gasteiger partial charge in [0.2, 0.25) is 5.91 Å². The zero-order valence-corrected chi connectivity index (χ0v) is 13.7. The SMILES string of the molecule is O=C(Cc1ccccc1[N+](=O)[O-])Nc1cnccc1Oc1ccccc1. The van der Waals surface area contributed by atoms with Crippen molar-refractivity contribution in [1.29, 1.82) is 0 Å². The number of carbonyl (C=O) groups is 1. The van der Waals surface area contributed by atoms with Crippen LogP contribution in [0.3, 0.4) is 0 Å². The monoisotopic (exact) mass is 349 g/mol. The number of hydrogen-bond acceptors (Lipinski definition) is 5. The summed E-state index contributed by atoms with van der Waals surface area (Å²) >= 11 is 0. The van der Waals surface area contributed by atoms with Crippen molar-refractivity contribution in [2.24, 2.45) is 0 Å². The summed E-state index contributed by atoms with van der Waals surface area (Å²) in [5.41, 5.74) is 0.638. The van der Waals surface area contributed by atoms with Crippen LogP contribution in [0.2, 0.25) is 0 Å². The van der Waals surface area contributed by atoms with Gasteiger partial charge >= 0.3 is 0 Å². The number of nitro groups is 1. The topological polar surface area (TPSA) is 94.4 Å². The van der Waals surface area contributed by atoms with Gasteiger partial charge in [-0.2, -0.15) is 0 Å². The highest BCUT2D eigenvalue weighted by molar-refractivity contribution is 5.94. The first-order valence-corrected chi connectivity index (χ1v) is 7.82. The Bertz CT molecular complexity index is 929. The van der Waals surface area contributed by atoms with Crippen molar-refractivity contribution in [3.63, 3.8) is 0 Å². The van der Waals surface area contributed by atoms with Crippen LogP contribution >= 0.6 is 0 Å². The Morgan fingerprint density at radius 2 is 1.81 bits per heavy atom. The lowest BCUT2D eigenvalue weighted by molar-refractivity contribution is -0.385. The second-order valence-corrected chi connectivity index (χ2v) is 5.40. The fourth-order valence-corrected chi connectivity index (χ4v) is 2.39. The molecule has 1 N–H and O–H groups in total. The number of para-hydroxylation sites is 2. The molecular formula is C19H15N3O4. The molecular weight excluding hydrogens is 334 g/mol. The average molecular weight is 349 g/mol. The van der Waals surface area contributed by atoms with E-state index >= 15 is 0 Å². The number of nitrogens with zero attached hydrogens (tertiary/aromatic N) is 2. The van der Waals surface area contributed by atoms with Crippen molar-refractivity contribution in [3.8, 4) is 11.5 Å². The molecule has 2 aromatic carbocycles. The second-order valence-electron chi connectivity index (χ2n) is 5.40. The molecule has 0 aliphatic carbocycles. The maximum Gasteiger partial charge on any atom is 0.273 e. The Morgan fingerprint density at radius 3 is 2.58 bits per heavy atom. The molecule has 0 aliphatic heterocycles. The third-order valence-electron chi connectivity index (χ3n) is 3.57. The summed E-state index contributed by atoms with van der Waals surface area (Å²) < 4.78 is 5.76. The van der Waals surface area contributed by atoms with Crippen LogP contribution in [0.4, 0.5) is 11.4 Å². The van der Waals surface area contributed by atoms with Gasteiger partial charge in [0.15, 0.2) is 5.75 Å². The summed E-state index contributed by atoms with van der Waals surface area (Å²) in [6.45, 7) is 0. The summed E-state index contributed by atoms with van der Waals surface area (Å²) in [5.74, 6) is 0.653. The molecule has 0 saturated heterocycles. The van der Waals surface area contributed by atoms with E-state index in [0.717, 1.165) is 0 Å². The molecule has 130 valence electrons. The molecule has 26 heavy (non-hydrogen) atoms. The molecule has 0 spiro atoms. The molecule has 0 radical (unpaired) electrons. The third-order valence-corrected chi connectivity index (χ3v) is 3.57. The van der Waals surface area contributed by atoms with E-state index in [4.69, 9.17) is 4.74 Å². The van der Waals surface area contributed by atoms with Gasteiger partial charge in [-0.25, -0.2) is 0 Å². The van der Waals surface area contributed by atoms with Crippen LogP contribution < -0.4 is 10.1 Å². The number of amides is 1. The molecule has 3 rings (SSSR count). The Morgan fingerprint density at radius 1 is 1.08 bits per heavy atom. The summed E-state index contributed by atoms with van der Waals surface area (Å²) in [7, 11) is 0. The number of carbonyl (C=O) groups excluding carboxylic acids is 1. The van der Waals surface area contributed by atoms with Gasteiger partial charge in [0.05, 0.1) is 17.5 Å². The van der Waals surface area contributed by atoms with Crippen LogP contribution in [-0.4, -0.2) is 15.8 Å². The molecule has 7 nitrogen and oxygen atoms in total. The van der Waals surface area contributed by atoms with Gasteiger partial charge in [-0.15, -0.1) is 0 Å². The Hall–Kier alpha value is -3.74. The molecule has 1 heterocycles. The number of hydrogen-bond donors (Lipinski definition) is 1. The molecule has 0 atom stereocenters. The number of benzene rings is 2. The van der Waals surface area contributed by atoms with Gasteiger partial charge in [0.1, 0.15) is 11.4 Å². The number of anilines is 1. The van der Waals surface area contributed by atoms with E-state index in [-0.39, 0.29) is 12.1 Å². The van der Waals surface area contributed by atoms with E-state index in [9.17, 15) is 14.9 Å². The minimum Gasteiger partial charge on any atom is -0.455 e. The number of ether oxygens (including phenoxy) is 1. The van der Waals surface area contributed by atoms with Crippen molar-refractivity contribution in [1.82, 2.24) is 4.98 Å². The standard InChI is InChI=1S/C19H15N3O4/c23-19(12-14-6-4-5-9-17(14)22(24)25)21-16-13-20-11-10-18(16)26-15-7-2-1-3-8-15/h1-11,13H,12H2,(H,21,23). The lowest BCUT2D eigenvalue weighted by atomic mass is 10.1. The van der Waals surface area contributed by atoms with E-state index in [1.807, 2.05) is 18.2 Å². The van der Waals surface area contributed by atoms with Crippen LogP contribution in [0.25, 0.3) is 0 Å². The summed E-state index contributed by atoms with van der Waals surface area (Å²) in [4.78, 5) is 26.9. The normalized spacial score (nSPS) is 10.2. The summed E-state index contributed by atoms with van der Waals surface area (Å²) in [6, 6.07) is 16.9. The highest BCUT2D eigenvalue weighted by Gasteiger charge is 2.16. The van der Waals surface area contributed by atoms with Gasteiger partial charge in [0, 0.05) is 23.9 Å². The van der Waals surface area contributed by atoms with Crippen molar-refractivity contribution in [2.45, 2.75) is 6.42 Å². The minimum atomic E-state index is -0.503. The predicted octanol–water partition coefficient (Wildman–Crippen LogP) is 3.96. The molecule has 0 unspecified atom stereocenters. The fraction of sp³-hybridized carbons (Fsp3) is 0.0526. The van der Waals surface area contributed by atoms with Crippen molar-refractivity contribution >= 4 is 17.3 Å². The van der Waals surface area contributed by atoms with Gasteiger partial charge in [0.25, 0.3) is 5.69 Å². The predicted molar refractivity (Wildman–Crippen MR) is 96.2 cm³/mol. The van der Waals surface area contributed by atoms with Crippen molar-refractivity contribution < 1.29 is 14.5 Å². The van der Waals surface area contributed by atoms with Crippen LogP contribution in [0, 0.1) is 10.1 Å². The zero-order chi connectivity index (χ0) is 18.4. The van der Waals surface area contributed by atoms with E-state index < -0.39 is 10.8 Å². The maximum absolute atomic E-state index is 12.3. The molecule has 0 aliphatic rings. The second kappa shape index (κ2) is 7.89. The first kappa shape index (κ1) is 17.1. The van der Waals surface area contributed by atoms with Crippen molar-refractivity contribution in [2.75, 3.05) is 5.32 Å². The molecule has 7 heteroatoms. The number of rotatable bonds is 6. The average Bonchev–Trinajstić information content (AvgIpc) is 2.64. The fourth-order valence-electron chi connectivity index (χ4n) is 2.39. The van der Waals surface area contributed by atoms with Crippen LogP contribution in [0.1, 0.15) is 5.56 Å². The zero-order valence-electron chi connectivity index (χ0n) is 13.7. The molecule has 1 aromatic heterocycles. The smallest absolute Gasteiger partial charge is 0.273 e. The Kier molecular flexibility index (Phi) is 5.19. The van der Waals surface area contributed by atoms with Gasteiger partial charge in [-0.05, 0) is 12.1 Å². The highest BCUT2D eigenvalue weighted by atomic mass is 16.6. The van der Waals surface area contributed by atoms with Gasteiger partial charge in [-0.3, -0.25) is 19.9 Å². The highest BCUT2D eigenvalue weighted by Crippen LogP contribution is 2.28. The summed E-state index contributed by atoms with van der Waals surface area (Å²) in [5, 5.41) is 13.8. The third kappa shape index (κ3) is 4.21. The number of pyridine rings is 1. The Balaban J connectivity index is 1.75. The number of nitro benzene ring substituents is 1. The first-order chi connectivity index (χ1) is 12.6. The number of aromatic nitrogens is 1. The minimum absolute atomic E-state index is 0.0883. The van der Waals surface area contributed by atoms with Crippen LogP contribution in [0.5, 0.6) is 11.5 Å². The van der Waals surface area contributed by atoms with E-state index in [1.165, 1.54) is 12.3 Å². The van der Waals surface area contributed by atoms with Crippen molar-refractivity contribution in [3.05, 3.63) is 88.7 Å². The lowest BCUT2D eigenvalue weighted by Crippen LogP contribution is -2.16. The molecule has 0 fully saturated rings. The van der Waals surface area contributed by atoms with E-state index in [0.29, 0.717) is 22.7 Å². The molecule has 0 saturated carbocycles. The Labute approximate surface area is 149 Å². The van der Waals surface area contributed by atoms with Crippen LogP contribution in [0.15, 0.2) is 73.1 Å². The maximum atomic E-state index is 12.3. The molecule has 3 aromatic rings. The van der Waals surface area contributed by atoms with Gasteiger partial charge < -0.3 is 10.1 Å². The molecule has 1 amide bonds. The summed E-state index contributed by atoms with van der Waals surface area (Å²) in [6.07, 6.45) is 2.89. The lowest BCUT2D eigenvalue weighted by Gasteiger charge is -2.11. The first-order valence-electron chi connectivity index (χ1n) is 7.82. The number of nitrogens with one attached hydrogen (secondary N) is 1. The van der Waals surface area contributed by atoms with Crippen LogP contribution in [-0.2, 0) is 11.2 Å². The van der Waals surface area contributed by atoms with E-state index in [1.54, 1.807) is 42.6 Å². The van der Waals surface area contributed by atoms with Gasteiger partial charge in [-0.1, -0.05) is 36.4 Å².